The van der Waals surface area contributed by atoms with Crippen molar-refractivity contribution in [2.75, 3.05) is 5.32 Å². The Morgan fingerprint density at radius 3 is 2.29 bits per heavy atom. The number of para-hydroxylation sites is 1. The number of hydrogen-bond donors (Lipinski definition) is 3. The number of primary amides is 1. The Balaban J connectivity index is 2.17. The van der Waals surface area contributed by atoms with Crippen molar-refractivity contribution in [2.45, 2.75) is 26.3 Å². The van der Waals surface area contributed by atoms with Crippen molar-refractivity contribution in [3.63, 3.8) is 0 Å². The second kappa shape index (κ2) is 8.15. The highest BCUT2D eigenvalue weighted by atomic mass is 16.2. The zero-order valence-corrected chi connectivity index (χ0v) is 14.0. The number of anilines is 1. The van der Waals surface area contributed by atoms with Crippen molar-refractivity contribution >= 4 is 17.6 Å². The van der Waals surface area contributed by atoms with Gasteiger partial charge in [0.2, 0.25) is 5.91 Å². The average molecular weight is 325 g/mol. The summed E-state index contributed by atoms with van der Waals surface area (Å²) in [5.74, 6) is -0.562. The zero-order valence-electron chi connectivity index (χ0n) is 14.0. The van der Waals surface area contributed by atoms with E-state index in [4.69, 9.17) is 5.73 Å². The van der Waals surface area contributed by atoms with Gasteiger partial charge >= 0.3 is 6.03 Å². The van der Waals surface area contributed by atoms with Crippen molar-refractivity contribution < 1.29 is 9.59 Å². The van der Waals surface area contributed by atoms with Gasteiger partial charge in [-0.1, -0.05) is 68.8 Å². The zero-order chi connectivity index (χ0) is 17.5. The van der Waals surface area contributed by atoms with E-state index in [0.717, 1.165) is 17.5 Å². The van der Waals surface area contributed by atoms with Crippen LogP contribution in [0.25, 0.3) is 11.1 Å². The molecule has 2 aromatic rings. The summed E-state index contributed by atoms with van der Waals surface area (Å²) in [6.07, 6.45) is 0.745. The summed E-state index contributed by atoms with van der Waals surface area (Å²) in [4.78, 5) is 23.9. The number of nitrogens with one attached hydrogen (secondary N) is 2. The molecule has 0 heterocycles. The summed E-state index contributed by atoms with van der Waals surface area (Å²) in [6.45, 7) is 3.83. The molecule has 0 unspecified atom stereocenters. The van der Waals surface area contributed by atoms with Crippen molar-refractivity contribution in [1.82, 2.24) is 5.32 Å². The Bertz CT molecular complexity index is 701. The fourth-order valence-corrected chi connectivity index (χ4v) is 2.49. The number of carbonyl (C=O) groups excluding carboxylic acids is 2. The predicted molar refractivity (Wildman–Crippen MR) is 96.5 cm³/mol. The van der Waals surface area contributed by atoms with Crippen molar-refractivity contribution in [1.29, 1.82) is 0 Å². The summed E-state index contributed by atoms with van der Waals surface area (Å²) in [5.41, 5.74) is 7.98. The van der Waals surface area contributed by atoms with Crippen LogP contribution in [-0.2, 0) is 4.79 Å². The Hall–Kier alpha value is -2.82. The first-order valence-corrected chi connectivity index (χ1v) is 8.04. The van der Waals surface area contributed by atoms with Crippen LogP contribution >= 0.6 is 0 Å². The minimum absolute atomic E-state index is 0.0300. The third kappa shape index (κ3) is 4.35. The highest BCUT2D eigenvalue weighted by molar-refractivity contribution is 5.96. The highest BCUT2D eigenvalue weighted by Crippen LogP contribution is 2.27. The maximum absolute atomic E-state index is 12.3. The second-order valence-electron chi connectivity index (χ2n) is 5.78. The van der Waals surface area contributed by atoms with Gasteiger partial charge in [0.1, 0.15) is 6.04 Å². The molecule has 0 fully saturated rings. The molecule has 24 heavy (non-hydrogen) atoms. The van der Waals surface area contributed by atoms with Crippen molar-refractivity contribution in [3.05, 3.63) is 54.6 Å². The summed E-state index contributed by atoms with van der Waals surface area (Å²) in [5, 5.41) is 5.49. The van der Waals surface area contributed by atoms with Gasteiger partial charge in [-0.05, 0) is 17.5 Å². The van der Waals surface area contributed by atoms with E-state index in [1.54, 1.807) is 0 Å². The second-order valence-corrected chi connectivity index (χ2v) is 5.78. The summed E-state index contributed by atoms with van der Waals surface area (Å²) >= 11 is 0. The van der Waals surface area contributed by atoms with E-state index in [1.807, 2.05) is 68.4 Å². The number of urea groups is 1. The molecule has 4 N–H and O–H groups in total. The van der Waals surface area contributed by atoms with E-state index in [9.17, 15) is 9.59 Å². The molecule has 0 aliphatic heterocycles. The smallest absolute Gasteiger partial charge is 0.319 e. The van der Waals surface area contributed by atoms with Crippen LogP contribution in [0.1, 0.15) is 20.3 Å². The Morgan fingerprint density at radius 2 is 1.67 bits per heavy atom. The molecule has 2 atom stereocenters. The Morgan fingerprint density at radius 1 is 1.04 bits per heavy atom. The predicted octanol–water partition coefficient (Wildman–Crippen LogP) is 3.38. The third-order valence-corrected chi connectivity index (χ3v) is 4.07. The normalized spacial score (nSPS) is 12.9. The molecule has 0 saturated heterocycles. The van der Waals surface area contributed by atoms with Crippen molar-refractivity contribution in [2.24, 2.45) is 11.7 Å². The van der Waals surface area contributed by atoms with Crippen LogP contribution < -0.4 is 16.4 Å². The van der Waals surface area contributed by atoms with Gasteiger partial charge in [0.05, 0.1) is 5.69 Å². The summed E-state index contributed by atoms with van der Waals surface area (Å²) in [6, 6.07) is 16.2. The van der Waals surface area contributed by atoms with Gasteiger partial charge in [-0.15, -0.1) is 0 Å². The van der Waals surface area contributed by atoms with Gasteiger partial charge in [0.15, 0.2) is 0 Å². The minimum Gasteiger partial charge on any atom is -0.368 e. The average Bonchev–Trinajstić information content (AvgIpc) is 2.60. The number of nitrogens with two attached hydrogens (primary N) is 1. The maximum Gasteiger partial charge on any atom is 0.319 e. The minimum atomic E-state index is -0.695. The Labute approximate surface area is 142 Å². The summed E-state index contributed by atoms with van der Waals surface area (Å²) in [7, 11) is 0. The number of benzene rings is 2. The van der Waals surface area contributed by atoms with Crippen LogP contribution in [-0.4, -0.2) is 18.0 Å². The topological polar surface area (TPSA) is 84.2 Å². The molecule has 0 spiro atoms. The third-order valence-electron chi connectivity index (χ3n) is 4.07. The van der Waals surface area contributed by atoms with Crippen molar-refractivity contribution in [3.8, 4) is 11.1 Å². The van der Waals surface area contributed by atoms with Gasteiger partial charge in [-0.2, -0.15) is 0 Å². The molecule has 0 aliphatic rings. The van der Waals surface area contributed by atoms with E-state index in [0.29, 0.717) is 5.69 Å². The largest absolute Gasteiger partial charge is 0.368 e. The molecular weight excluding hydrogens is 302 g/mol. The quantitative estimate of drug-likeness (QED) is 0.760. The van der Waals surface area contributed by atoms with Gasteiger partial charge in [0.25, 0.3) is 0 Å². The maximum atomic E-state index is 12.3. The number of hydrogen-bond acceptors (Lipinski definition) is 2. The molecule has 2 aromatic carbocycles. The molecule has 126 valence electrons. The fraction of sp³-hybridized carbons (Fsp3) is 0.263. The number of carbonyl (C=O) groups is 2. The first kappa shape index (κ1) is 17.5. The molecule has 2 rings (SSSR count). The van der Waals surface area contributed by atoms with Crippen LogP contribution in [0, 0.1) is 5.92 Å². The monoisotopic (exact) mass is 325 g/mol. The van der Waals surface area contributed by atoms with Crippen LogP contribution in [0.4, 0.5) is 10.5 Å². The van der Waals surface area contributed by atoms with E-state index >= 15 is 0 Å². The van der Waals surface area contributed by atoms with E-state index < -0.39 is 18.0 Å². The molecule has 0 aliphatic carbocycles. The van der Waals surface area contributed by atoms with Gasteiger partial charge in [-0.3, -0.25) is 4.79 Å². The van der Waals surface area contributed by atoms with Crippen LogP contribution in [0.5, 0.6) is 0 Å². The Kier molecular flexibility index (Phi) is 5.95. The lowest BCUT2D eigenvalue weighted by molar-refractivity contribution is -0.120. The van der Waals surface area contributed by atoms with Crippen LogP contribution in [0.15, 0.2) is 54.6 Å². The molecule has 3 amide bonds. The molecule has 0 saturated carbocycles. The SMILES string of the molecule is CC[C@@H](C)[C@H](NC(=O)Nc1ccccc1-c1ccccc1)C(N)=O. The number of rotatable bonds is 6. The van der Waals surface area contributed by atoms with Crippen LogP contribution in [0.2, 0.25) is 0 Å². The fourth-order valence-electron chi connectivity index (χ4n) is 2.49. The van der Waals surface area contributed by atoms with Gasteiger partial charge in [0, 0.05) is 5.56 Å². The standard InChI is InChI=1S/C19H23N3O2/c1-3-13(2)17(18(20)23)22-19(24)21-16-12-8-7-11-15(16)14-9-5-4-6-10-14/h4-13,17H,3H2,1-2H3,(H2,20,23)(H2,21,22,24)/t13-,17+/m1/s1. The number of amides is 3. The molecule has 5 heteroatoms. The molecule has 0 radical (unpaired) electrons. The van der Waals surface area contributed by atoms with Crippen LogP contribution in [0.3, 0.4) is 0 Å². The molecular formula is C19H23N3O2. The first-order chi connectivity index (χ1) is 11.5. The molecule has 5 nitrogen and oxygen atoms in total. The van der Waals surface area contributed by atoms with Gasteiger partial charge in [-0.25, -0.2) is 4.79 Å². The lowest BCUT2D eigenvalue weighted by Crippen LogP contribution is -2.49. The summed E-state index contributed by atoms with van der Waals surface area (Å²) < 4.78 is 0. The van der Waals surface area contributed by atoms with Gasteiger partial charge < -0.3 is 16.4 Å². The first-order valence-electron chi connectivity index (χ1n) is 8.04. The lowest BCUT2D eigenvalue weighted by Gasteiger charge is -2.21. The van der Waals surface area contributed by atoms with E-state index in [2.05, 4.69) is 10.6 Å². The lowest BCUT2D eigenvalue weighted by atomic mass is 9.99. The van der Waals surface area contributed by atoms with E-state index in [-0.39, 0.29) is 5.92 Å². The molecule has 0 aromatic heterocycles. The highest BCUT2D eigenvalue weighted by Gasteiger charge is 2.23. The molecule has 0 bridgehead atoms. The van der Waals surface area contributed by atoms with E-state index in [1.165, 1.54) is 0 Å².